The molecule has 0 fully saturated rings. The Balaban J connectivity index is 2.01. The Kier molecular flexibility index (Phi) is 5.12. The molecule has 0 aliphatic rings. The van der Waals surface area contributed by atoms with Crippen molar-refractivity contribution < 1.29 is 0 Å². The summed E-state index contributed by atoms with van der Waals surface area (Å²) in [6, 6.07) is 9.14. The van der Waals surface area contributed by atoms with Gasteiger partial charge in [-0.2, -0.15) is 10.2 Å². The highest BCUT2D eigenvalue weighted by molar-refractivity contribution is 6.31. The van der Waals surface area contributed by atoms with E-state index in [1.54, 1.807) is 23.0 Å². The molecule has 0 atom stereocenters. The molecule has 4 rings (SSSR count). The number of fused-ring (bicyclic) bond motifs is 1. The second-order valence-corrected chi connectivity index (χ2v) is 7.36. The van der Waals surface area contributed by atoms with Crippen LogP contribution in [0.1, 0.15) is 18.2 Å². The van der Waals surface area contributed by atoms with Crippen LogP contribution >= 0.6 is 11.6 Å². The lowest BCUT2D eigenvalue weighted by atomic mass is 9.96. The summed E-state index contributed by atoms with van der Waals surface area (Å²) < 4.78 is 1.74. The molecule has 0 amide bonds. The Morgan fingerprint density at radius 1 is 1.23 bits per heavy atom. The summed E-state index contributed by atoms with van der Waals surface area (Å²) >= 11 is 6.37. The number of nitrogens with zero attached hydrogens (tertiary/aromatic N) is 4. The maximum absolute atomic E-state index is 12.2. The third kappa shape index (κ3) is 3.16. The Morgan fingerprint density at radius 3 is 2.73 bits per heavy atom. The van der Waals surface area contributed by atoms with Gasteiger partial charge in [0.1, 0.15) is 0 Å². The Morgan fingerprint density at radius 2 is 2.03 bits per heavy atom. The molecule has 0 aliphatic heterocycles. The molecule has 7 nitrogen and oxygen atoms in total. The van der Waals surface area contributed by atoms with Crippen molar-refractivity contribution in [3.8, 4) is 22.4 Å². The number of nitrogens with one attached hydrogen (secondary N) is 1. The minimum Gasteiger partial charge on any atom is -0.325 e. The number of aromatic amines is 1. The highest BCUT2D eigenvalue weighted by Gasteiger charge is 2.20. The molecule has 4 aromatic rings. The summed E-state index contributed by atoms with van der Waals surface area (Å²) in [5, 5.41) is 12.8. The number of aromatic nitrogens is 4. The van der Waals surface area contributed by atoms with Gasteiger partial charge in [-0.1, -0.05) is 30.7 Å². The molecule has 8 heteroatoms. The van der Waals surface area contributed by atoms with E-state index in [1.807, 2.05) is 32.2 Å². The number of rotatable bonds is 4. The SMILES string of the molecule is [C-]#[N+]c1c(CC)cc(Cl)cc1-c1c(-c2ccc3c(=O)[nH]nc(CN)c3c2)cnn1C. The number of H-pyrrole nitrogens is 1. The lowest BCUT2D eigenvalue weighted by Gasteiger charge is -2.13. The van der Waals surface area contributed by atoms with Crippen LogP contribution in [0, 0.1) is 6.57 Å². The summed E-state index contributed by atoms with van der Waals surface area (Å²) in [5.74, 6) is 0. The van der Waals surface area contributed by atoms with Gasteiger partial charge in [-0.3, -0.25) is 9.48 Å². The van der Waals surface area contributed by atoms with Crippen molar-refractivity contribution >= 4 is 28.1 Å². The van der Waals surface area contributed by atoms with E-state index >= 15 is 0 Å². The lowest BCUT2D eigenvalue weighted by Crippen LogP contribution is -2.13. The molecule has 0 aliphatic carbocycles. The van der Waals surface area contributed by atoms with Gasteiger partial charge in [-0.15, -0.1) is 0 Å². The number of nitrogens with two attached hydrogens (primary N) is 1. The van der Waals surface area contributed by atoms with Gasteiger partial charge < -0.3 is 5.73 Å². The fraction of sp³-hybridized carbons (Fsp3) is 0.182. The molecule has 3 N–H and O–H groups in total. The minimum atomic E-state index is -0.266. The van der Waals surface area contributed by atoms with E-state index in [0.29, 0.717) is 33.6 Å². The fourth-order valence-corrected chi connectivity index (χ4v) is 3.99. The summed E-state index contributed by atoms with van der Waals surface area (Å²) in [4.78, 5) is 15.9. The molecular weight excluding hydrogens is 400 g/mol. The van der Waals surface area contributed by atoms with E-state index in [9.17, 15) is 4.79 Å². The highest BCUT2D eigenvalue weighted by Crippen LogP contribution is 2.41. The van der Waals surface area contributed by atoms with Crippen LogP contribution in [0.15, 0.2) is 41.3 Å². The Bertz CT molecular complexity index is 1380. The van der Waals surface area contributed by atoms with Crippen LogP contribution in [0.4, 0.5) is 5.69 Å². The molecular formula is C22H19ClN6O. The number of benzene rings is 2. The predicted octanol–water partition coefficient (Wildman–Crippen LogP) is 4.22. The van der Waals surface area contributed by atoms with Gasteiger partial charge in [0.15, 0.2) is 5.69 Å². The lowest BCUT2D eigenvalue weighted by molar-refractivity contribution is 0.776. The van der Waals surface area contributed by atoms with Crippen LogP contribution in [-0.4, -0.2) is 20.0 Å². The zero-order valence-corrected chi connectivity index (χ0v) is 17.3. The standard InChI is InChI=1S/C22H19ClN6O/c1-4-12-7-14(23)9-17(20(12)25-2)21-18(11-26-29(21)3)13-5-6-15-16(8-13)19(10-24)27-28-22(15)30/h5-9,11H,4,10,24H2,1,3H3,(H,28,30). The predicted molar refractivity (Wildman–Crippen MR) is 119 cm³/mol. The van der Waals surface area contributed by atoms with Gasteiger partial charge in [-0.05, 0) is 35.7 Å². The van der Waals surface area contributed by atoms with E-state index in [1.165, 1.54) is 0 Å². The molecule has 0 saturated heterocycles. The van der Waals surface area contributed by atoms with Crippen molar-refractivity contribution in [3.63, 3.8) is 0 Å². The summed E-state index contributed by atoms with van der Waals surface area (Å²) in [7, 11) is 1.83. The van der Waals surface area contributed by atoms with E-state index in [-0.39, 0.29) is 12.1 Å². The van der Waals surface area contributed by atoms with E-state index < -0.39 is 0 Å². The molecule has 0 saturated carbocycles. The van der Waals surface area contributed by atoms with Gasteiger partial charge in [0.2, 0.25) is 0 Å². The van der Waals surface area contributed by atoms with Crippen LogP contribution in [0.3, 0.4) is 0 Å². The monoisotopic (exact) mass is 418 g/mol. The van der Waals surface area contributed by atoms with Crippen molar-refractivity contribution in [2.45, 2.75) is 19.9 Å². The van der Waals surface area contributed by atoms with Crippen LogP contribution in [0.25, 0.3) is 38.0 Å². The van der Waals surface area contributed by atoms with Crippen molar-refractivity contribution in [2.75, 3.05) is 0 Å². The quantitative estimate of drug-likeness (QED) is 0.485. The van der Waals surface area contributed by atoms with E-state index in [0.717, 1.165) is 27.9 Å². The number of hydrogen-bond donors (Lipinski definition) is 2. The van der Waals surface area contributed by atoms with Crippen LogP contribution in [0.5, 0.6) is 0 Å². The molecule has 2 aromatic carbocycles. The van der Waals surface area contributed by atoms with Crippen molar-refractivity contribution in [2.24, 2.45) is 12.8 Å². The van der Waals surface area contributed by atoms with Gasteiger partial charge in [-0.25, -0.2) is 9.94 Å². The molecule has 0 spiro atoms. The largest absolute Gasteiger partial charge is 0.325 e. The van der Waals surface area contributed by atoms with Crippen LogP contribution in [-0.2, 0) is 20.0 Å². The van der Waals surface area contributed by atoms with Gasteiger partial charge in [0.25, 0.3) is 5.56 Å². The van der Waals surface area contributed by atoms with Crippen molar-refractivity contribution in [1.82, 2.24) is 20.0 Å². The van der Waals surface area contributed by atoms with E-state index in [4.69, 9.17) is 23.9 Å². The first-order chi connectivity index (χ1) is 14.5. The number of hydrogen-bond acceptors (Lipinski definition) is 4. The Hall–Kier alpha value is -3.47. The van der Waals surface area contributed by atoms with Gasteiger partial charge in [0, 0.05) is 35.1 Å². The summed E-state index contributed by atoms with van der Waals surface area (Å²) in [5.41, 5.74) is 10.8. The van der Waals surface area contributed by atoms with Crippen LogP contribution < -0.4 is 11.3 Å². The van der Waals surface area contributed by atoms with E-state index in [2.05, 4.69) is 20.1 Å². The average molecular weight is 419 g/mol. The third-order valence-electron chi connectivity index (χ3n) is 5.21. The summed E-state index contributed by atoms with van der Waals surface area (Å²) in [6.45, 7) is 9.92. The first kappa shape index (κ1) is 19.8. The molecule has 2 aromatic heterocycles. The maximum Gasteiger partial charge on any atom is 0.272 e. The smallest absolute Gasteiger partial charge is 0.272 e. The zero-order chi connectivity index (χ0) is 21.4. The third-order valence-corrected chi connectivity index (χ3v) is 5.43. The molecule has 0 bridgehead atoms. The highest BCUT2D eigenvalue weighted by atomic mass is 35.5. The topological polar surface area (TPSA) is 93.9 Å². The molecule has 30 heavy (non-hydrogen) atoms. The molecule has 0 unspecified atom stereocenters. The first-order valence-electron chi connectivity index (χ1n) is 9.42. The van der Waals surface area contributed by atoms with Crippen molar-refractivity contribution in [1.29, 1.82) is 0 Å². The molecule has 2 heterocycles. The first-order valence-corrected chi connectivity index (χ1v) is 9.80. The van der Waals surface area contributed by atoms with Crippen molar-refractivity contribution in [3.05, 3.63) is 74.6 Å². The summed E-state index contributed by atoms with van der Waals surface area (Å²) in [6.07, 6.45) is 2.45. The Labute approximate surface area is 177 Å². The molecule has 0 radical (unpaired) electrons. The fourth-order valence-electron chi connectivity index (χ4n) is 3.75. The second-order valence-electron chi connectivity index (χ2n) is 6.92. The second kappa shape index (κ2) is 7.75. The average Bonchev–Trinajstić information content (AvgIpc) is 3.14. The minimum absolute atomic E-state index is 0.201. The zero-order valence-electron chi connectivity index (χ0n) is 16.5. The van der Waals surface area contributed by atoms with Crippen LogP contribution in [0.2, 0.25) is 5.02 Å². The number of halogens is 1. The normalized spacial score (nSPS) is 11.0. The maximum atomic E-state index is 12.2. The van der Waals surface area contributed by atoms with Gasteiger partial charge in [0.05, 0.1) is 29.5 Å². The van der Waals surface area contributed by atoms with Gasteiger partial charge >= 0.3 is 0 Å². The molecule has 150 valence electrons. The number of aryl methyl sites for hydroxylation is 2.